The van der Waals surface area contributed by atoms with Crippen LogP contribution in [0.3, 0.4) is 0 Å². The quantitative estimate of drug-likeness (QED) is 0.698. The van der Waals surface area contributed by atoms with Crippen LogP contribution < -0.4 is 4.90 Å². The van der Waals surface area contributed by atoms with Crippen molar-refractivity contribution in [2.45, 2.75) is 32.2 Å². The van der Waals surface area contributed by atoms with Gasteiger partial charge in [-0.25, -0.2) is 0 Å². The Balaban J connectivity index is 2.71. The van der Waals surface area contributed by atoms with Gasteiger partial charge in [0.2, 0.25) is 0 Å². The van der Waals surface area contributed by atoms with Crippen molar-refractivity contribution < 1.29 is 0 Å². The van der Waals surface area contributed by atoms with E-state index in [1.807, 2.05) is 31.3 Å². The first kappa shape index (κ1) is 12.9. The Kier molecular flexibility index (Phi) is 5.22. The van der Waals surface area contributed by atoms with E-state index in [0.717, 1.165) is 23.6 Å². The average Bonchev–Trinajstić information content (AvgIpc) is 2.30. The number of anilines is 1. The summed E-state index contributed by atoms with van der Waals surface area (Å²) in [6.45, 7) is 2.18. The predicted octanol–water partition coefficient (Wildman–Crippen LogP) is 3.97. The van der Waals surface area contributed by atoms with Gasteiger partial charge in [-0.3, -0.25) is 0 Å². The van der Waals surface area contributed by atoms with E-state index in [1.54, 1.807) is 0 Å². The van der Waals surface area contributed by atoms with Crippen LogP contribution in [-0.2, 0) is 0 Å². The van der Waals surface area contributed by atoms with Crippen LogP contribution in [0.4, 0.5) is 5.69 Å². The third-order valence-electron chi connectivity index (χ3n) is 2.72. The van der Waals surface area contributed by atoms with E-state index in [9.17, 15) is 0 Å². The molecule has 1 aromatic rings. The maximum absolute atomic E-state index is 5.85. The fraction of sp³-hybridized carbons (Fsp3) is 0.429. The van der Waals surface area contributed by atoms with Gasteiger partial charge in [0.25, 0.3) is 0 Å². The summed E-state index contributed by atoms with van der Waals surface area (Å²) < 4.78 is 0. The van der Waals surface area contributed by atoms with Crippen LogP contribution >= 0.6 is 11.6 Å². The molecule has 0 N–H and O–H groups in total. The van der Waals surface area contributed by atoms with Crippen LogP contribution in [0.5, 0.6) is 0 Å². The molecule has 1 aromatic carbocycles. The molecule has 0 saturated carbocycles. The second-order valence-electron chi connectivity index (χ2n) is 3.91. The van der Waals surface area contributed by atoms with E-state index in [-0.39, 0.29) is 6.04 Å². The van der Waals surface area contributed by atoms with Crippen molar-refractivity contribution in [3.63, 3.8) is 0 Å². The number of hydrogen-bond acceptors (Lipinski definition) is 1. The number of nitrogens with zero attached hydrogens (tertiary/aromatic N) is 1. The van der Waals surface area contributed by atoms with Gasteiger partial charge in [0.1, 0.15) is 0 Å². The van der Waals surface area contributed by atoms with Crippen molar-refractivity contribution in [2.24, 2.45) is 0 Å². The van der Waals surface area contributed by atoms with Gasteiger partial charge in [-0.05, 0) is 30.7 Å². The molecule has 0 amide bonds. The summed E-state index contributed by atoms with van der Waals surface area (Å²) in [6, 6.07) is 7.94. The monoisotopic (exact) mass is 235 g/mol. The first-order valence-electron chi connectivity index (χ1n) is 5.63. The zero-order valence-corrected chi connectivity index (χ0v) is 10.7. The Morgan fingerprint density at radius 2 is 2.00 bits per heavy atom. The number of halogens is 1. The van der Waals surface area contributed by atoms with E-state index in [1.165, 1.54) is 6.42 Å². The molecule has 0 saturated heterocycles. The van der Waals surface area contributed by atoms with Crippen LogP contribution in [0.2, 0.25) is 5.02 Å². The van der Waals surface area contributed by atoms with Crippen molar-refractivity contribution in [1.29, 1.82) is 0 Å². The van der Waals surface area contributed by atoms with Crippen molar-refractivity contribution in [1.82, 2.24) is 0 Å². The second kappa shape index (κ2) is 6.45. The Bertz CT molecular complexity index is 350. The maximum Gasteiger partial charge on any atom is 0.0898 e. The summed E-state index contributed by atoms with van der Waals surface area (Å²) in [5.74, 6) is 2.84. The van der Waals surface area contributed by atoms with E-state index in [0.29, 0.717) is 0 Å². The molecule has 0 heterocycles. The van der Waals surface area contributed by atoms with Gasteiger partial charge in [0.15, 0.2) is 0 Å². The molecule has 0 fully saturated rings. The van der Waals surface area contributed by atoms with Crippen molar-refractivity contribution in [3.05, 3.63) is 29.3 Å². The maximum atomic E-state index is 5.85. The molecule has 0 spiro atoms. The number of hydrogen-bond donors (Lipinski definition) is 0. The molecule has 1 rings (SSSR count). The minimum absolute atomic E-state index is 0.168. The smallest absolute Gasteiger partial charge is 0.0898 e. The lowest BCUT2D eigenvalue weighted by molar-refractivity contribution is 0.640. The van der Waals surface area contributed by atoms with Gasteiger partial charge in [-0.1, -0.05) is 37.3 Å². The van der Waals surface area contributed by atoms with Gasteiger partial charge in [0.05, 0.1) is 6.04 Å². The largest absolute Gasteiger partial charge is 0.361 e. The Labute approximate surface area is 103 Å². The summed E-state index contributed by atoms with van der Waals surface area (Å²) in [6.07, 6.45) is 8.93. The molecule has 0 radical (unpaired) electrons. The molecule has 1 nitrogen and oxygen atoms in total. The third kappa shape index (κ3) is 3.47. The minimum Gasteiger partial charge on any atom is -0.361 e. The highest BCUT2D eigenvalue weighted by Gasteiger charge is 2.11. The Morgan fingerprint density at radius 1 is 1.38 bits per heavy atom. The zero-order valence-electron chi connectivity index (χ0n) is 9.91. The number of benzene rings is 1. The minimum atomic E-state index is 0.168. The molecule has 0 aliphatic heterocycles. The van der Waals surface area contributed by atoms with Crippen LogP contribution in [0.15, 0.2) is 24.3 Å². The lowest BCUT2D eigenvalue weighted by Gasteiger charge is -2.26. The molecule has 0 aliphatic rings. The van der Waals surface area contributed by atoms with E-state index in [2.05, 4.69) is 17.7 Å². The average molecular weight is 236 g/mol. The number of unbranched alkanes of at least 4 members (excludes halogenated alkanes) is 1. The molecule has 0 unspecified atom stereocenters. The highest BCUT2D eigenvalue weighted by Crippen LogP contribution is 2.20. The SMILES string of the molecule is C#C[C@@H](CCCC)N(C)c1ccc(Cl)cc1. The van der Waals surface area contributed by atoms with Gasteiger partial charge < -0.3 is 4.90 Å². The molecule has 0 bridgehead atoms. The summed E-state index contributed by atoms with van der Waals surface area (Å²) in [5.41, 5.74) is 1.11. The van der Waals surface area contributed by atoms with E-state index < -0.39 is 0 Å². The van der Waals surface area contributed by atoms with Gasteiger partial charge in [-0.2, -0.15) is 0 Å². The van der Waals surface area contributed by atoms with Gasteiger partial charge in [-0.15, -0.1) is 6.42 Å². The molecule has 1 atom stereocenters. The standard InChI is InChI=1S/C14H18ClN/c1-4-6-7-13(5-2)16(3)14-10-8-12(15)9-11-14/h2,8-11,13H,4,6-7H2,1,3H3/t13-/m0/s1. The fourth-order valence-corrected chi connectivity index (χ4v) is 1.77. The summed E-state index contributed by atoms with van der Waals surface area (Å²) in [7, 11) is 2.03. The molecule has 0 aromatic heterocycles. The Morgan fingerprint density at radius 3 is 2.50 bits per heavy atom. The lowest BCUT2D eigenvalue weighted by atomic mass is 10.1. The molecular formula is C14H18ClN. The molecule has 16 heavy (non-hydrogen) atoms. The first-order valence-corrected chi connectivity index (χ1v) is 6.01. The first-order chi connectivity index (χ1) is 7.69. The van der Waals surface area contributed by atoms with Crippen molar-refractivity contribution in [3.8, 4) is 12.3 Å². The summed E-state index contributed by atoms with van der Waals surface area (Å²) >= 11 is 5.85. The van der Waals surface area contributed by atoms with Crippen LogP contribution in [0.25, 0.3) is 0 Å². The zero-order chi connectivity index (χ0) is 12.0. The highest BCUT2D eigenvalue weighted by atomic mass is 35.5. The molecule has 86 valence electrons. The fourth-order valence-electron chi connectivity index (χ4n) is 1.64. The normalized spacial score (nSPS) is 11.9. The third-order valence-corrected chi connectivity index (χ3v) is 2.98. The van der Waals surface area contributed by atoms with E-state index in [4.69, 9.17) is 18.0 Å². The Hall–Kier alpha value is -1.13. The van der Waals surface area contributed by atoms with E-state index >= 15 is 0 Å². The lowest BCUT2D eigenvalue weighted by Crippen LogP contribution is -2.30. The molecular weight excluding hydrogens is 218 g/mol. The predicted molar refractivity (Wildman–Crippen MR) is 72.0 cm³/mol. The summed E-state index contributed by atoms with van der Waals surface area (Å²) in [5, 5.41) is 0.753. The second-order valence-corrected chi connectivity index (χ2v) is 4.35. The summed E-state index contributed by atoms with van der Waals surface area (Å²) in [4.78, 5) is 2.13. The molecule has 2 heteroatoms. The van der Waals surface area contributed by atoms with Gasteiger partial charge in [0, 0.05) is 17.8 Å². The van der Waals surface area contributed by atoms with Gasteiger partial charge >= 0.3 is 0 Å². The molecule has 0 aliphatic carbocycles. The van der Waals surface area contributed by atoms with Crippen LogP contribution in [0, 0.1) is 12.3 Å². The number of terminal acetylenes is 1. The topological polar surface area (TPSA) is 3.24 Å². The highest BCUT2D eigenvalue weighted by molar-refractivity contribution is 6.30. The number of rotatable bonds is 5. The van der Waals surface area contributed by atoms with Crippen molar-refractivity contribution >= 4 is 17.3 Å². The van der Waals surface area contributed by atoms with Crippen LogP contribution in [0.1, 0.15) is 26.2 Å². The van der Waals surface area contributed by atoms with Crippen LogP contribution in [-0.4, -0.2) is 13.1 Å². The van der Waals surface area contributed by atoms with Crippen molar-refractivity contribution in [2.75, 3.05) is 11.9 Å².